The zero-order valence-corrected chi connectivity index (χ0v) is 36.8. The summed E-state index contributed by atoms with van der Waals surface area (Å²) in [6, 6.07) is 75.3. The molecule has 69 heavy (non-hydrogen) atoms. The molecule has 0 spiro atoms. The summed E-state index contributed by atoms with van der Waals surface area (Å²) in [7, 11) is 0. The number of para-hydroxylation sites is 5. The van der Waals surface area contributed by atoms with E-state index in [-0.39, 0.29) is 0 Å². The first-order chi connectivity index (χ1) is 34.1. The first-order valence-corrected chi connectivity index (χ1v) is 22.9. The van der Waals surface area contributed by atoms with Crippen molar-refractivity contribution in [2.45, 2.75) is 0 Å². The van der Waals surface area contributed by atoms with Gasteiger partial charge in [-0.05, 0) is 124 Å². The molecule has 8 nitrogen and oxygen atoms in total. The molecule has 4 heterocycles. The van der Waals surface area contributed by atoms with Gasteiger partial charge in [0.1, 0.15) is 11.0 Å². The number of nitrogens with zero attached hydrogens (tertiary/aromatic N) is 6. The lowest BCUT2D eigenvalue weighted by molar-refractivity contribution is 0.619. The average molecular weight is 885 g/mol. The molecule has 0 saturated heterocycles. The predicted molar refractivity (Wildman–Crippen MR) is 277 cm³/mol. The van der Waals surface area contributed by atoms with Crippen molar-refractivity contribution in [1.29, 1.82) is 0 Å². The van der Waals surface area contributed by atoms with Gasteiger partial charge in [0.25, 0.3) is 0 Å². The molecule has 0 aliphatic carbocycles. The fraction of sp³-hybridized carbons (Fsp3) is 0. The highest BCUT2D eigenvalue weighted by Gasteiger charge is 2.18. The van der Waals surface area contributed by atoms with E-state index >= 15 is 0 Å². The van der Waals surface area contributed by atoms with Crippen LogP contribution < -0.4 is 0 Å². The minimum Gasteiger partial charge on any atom is -0.436 e. The zero-order chi connectivity index (χ0) is 45.4. The van der Waals surface area contributed by atoms with Crippen molar-refractivity contribution in [2.24, 2.45) is 0 Å². The van der Waals surface area contributed by atoms with Crippen LogP contribution in [0.5, 0.6) is 0 Å². The molecule has 14 rings (SSSR count). The van der Waals surface area contributed by atoms with Crippen molar-refractivity contribution in [3.8, 4) is 73.9 Å². The maximum absolute atomic E-state index is 6.07. The molecule has 0 aliphatic rings. The van der Waals surface area contributed by atoms with Gasteiger partial charge in [0.15, 0.2) is 28.6 Å². The molecule has 0 atom stereocenters. The van der Waals surface area contributed by atoms with E-state index in [1.165, 1.54) is 43.4 Å². The first-order valence-electron chi connectivity index (χ1n) is 22.9. The summed E-state index contributed by atoms with van der Waals surface area (Å²) >= 11 is 0. The maximum atomic E-state index is 6.07. The van der Waals surface area contributed by atoms with Crippen LogP contribution in [0.1, 0.15) is 0 Å². The molecular formula is C61H36N6O2. The zero-order valence-electron chi connectivity index (χ0n) is 36.8. The SMILES string of the molecule is c1ccc(-n2c3cc4ccccc4cc3c3cc4cc(-c5ccc(-c6nc(-c7ccc(-c8nc9ccccc9o8)cc7)nc(-c7ccc(-c8nc9ccccc9o8)cc7)n6)cc5)ccc4cc32)cc1. The lowest BCUT2D eigenvalue weighted by atomic mass is 9.98. The number of aromatic nitrogens is 6. The fourth-order valence-corrected chi connectivity index (χ4v) is 9.57. The number of fused-ring (bicyclic) bond motifs is 7. The van der Waals surface area contributed by atoms with Crippen molar-refractivity contribution >= 4 is 65.6 Å². The molecule has 0 N–H and O–H groups in total. The molecule has 322 valence electrons. The number of rotatable bonds is 7. The summed E-state index contributed by atoms with van der Waals surface area (Å²) in [5, 5.41) is 7.28. The maximum Gasteiger partial charge on any atom is 0.227 e. The van der Waals surface area contributed by atoms with Crippen LogP contribution in [-0.2, 0) is 0 Å². The molecule has 0 unspecified atom stereocenters. The van der Waals surface area contributed by atoms with E-state index in [0.717, 1.165) is 66.8 Å². The van der Waals surface area contributed by atoms with Crippen molar-refractivity contribution in [1.82, 2.24) is 29.5 Å². The molecule has 4 aromatic heterocycles. The quantitative estimate of drug-likeness (QED) is 0.157. The van der Waals surface area contributed by atoms with Crippen molar-refractivity contribution < 1.29 is 8.83 Å². The van der Waals surface area contributed by atoms with E-state index < -0.39 is 0 Å². The van der Waals surface area contributed by atoms with Gasteiger partial charge in [0.05, 0.1) is 11.0 Å². The molecule has 0 saturated carbocycles. The molecule has 0 fully saturated rings. The summed E-state index contributed by atoms with van der Waals surface area (Å²) in [6.07, 6.45) is 0. The summed E-state index contributed by atoms with van der Waals surface area (Å²) in [5.74, 6) is 2.78. The van der Waals surface area contributed by atoms with Gasteiger partial charge in [-0.1, -0.05) is 127 Å². The van der Waals surface area contributed by atoms with Gasteiger partial charge in [-0.15, -0.1) is 0 Å². The minimum absolute atomic E-state index is 0.550. The van der Waals surface area contributed by atoms with E-state index in [9.17, 15) is 0 Å². The minimum atomic E-state index is 0.550. The Hall–Kier alpha value is -9.53. The highest BCUT2D eigenvalue weighted by Crippen LogP contribution is 2.39. The molecule has 14 aromatic rings. The third-order valence-corrected chi connectivity index (χ3v) is 13.1. The summed E-state index contributed by atoms with van der Waals surface area (Å²) < 4.78 is 14.5. The lowest BCUT2D eigenvalue weighted by Crippen LogP contribution is -2.00. The monoisotopic (exact) mass is 884 g/mol. The number of hydrogen-bond acceptors (Lipinski definition) is 7. The van der Waals surface area contributed by atoms with E-state index in [1.54, 1.807) is 0 Å². The van der Waals surface area contributed by atoms with Crippen LogP contribution in [0.25, 0.3) is 139 Å². The summed E-state index contributed by atoms with van der Waals surface area (Å²) in [4.78, 5) is 24.6. The Labute approximate surface area is 394 Å². The highest BCUT2D eigenvalue weighted by molar-refractivity contribution is 6.17. The van der Waals surface area contributed by atoms with E-state index in [1.807, 2.05) is 97.1 Å². The largest absolute Gasteiger partial charge is 0.436 e. The Kier molecular flexibility index (Phi) is 8.72. The third-order valence-electron chi connectivity index (χ3n) is 13.1. The Morgan fingerprint density at radius 1 is 0.290 bits per heavy atom. The first kappa shape index (κ1) is 38.7. The van der Waals surface area contributed by atoms with E-state index in [2.05, 4.69) is 126 Å². The Morgan fingerprint density at radius 3 is 1.22 bits per heavy atom. The Morgan fingerprint density at radius 2 is 0.696 bits per heavy atom. The van der Waals surface area contributed by atoms with Crippen molar-refractivity contribution in [3.63, 3.8) is 0 Å². The second-order valence-corrected chi connectivity index (χ2v) is 17.3. The van der Waals surface area contributed by atoms with Gasteiger partial charge in [-0.3, -0.25) is 0 Å². The molecule has 0 aliphatic heterocycles. The van der Waals surface area contributed by atoms with Crippen LogP contribution in [0, 0.1) is 0 Å². The normalized spacial score (nSPS) is 11.8. The highest BCUT2D eigenvalue weighted by atomic mass is 16.4. The summed E-state index contributed by atoms with van der Waals surface area (Å²) in [5.41, 5.74) is 13.1. The molecular weight excluding hydrogens is 849 g/mol. The van der Waals surface area contributed by atoms with Crippen LogP contribution in [0.2, 0.25) is 0 Å². The molecule has 10 aromatic carbocycles. The number of hydrogen-bond donors (Lipinski definition) is 0. The van der Waals surface area contributed by atoms with Crippen LogP contribution in [-0.4, -0.2) is 29.5 Å². The van der Waals surface area contributed by atoms with Crippen molar-refractivity contribution in [3.05, 3.63) is 218 Å². The smallest absolute Gasteiger partial charge is 0.227 e. The van der Waals surface area contributed by atoms with Gasteiger partial charge in [-0.25, -0.2) is 24.9 Å². The molecule has 0 amide bonds. The van der Waals surface area contributed by atoms with Crippen LogP contribution in [0.15, 0.2) is 227 Å². The predicted octanol–water partition coefficient (Wildman–Crippen LogP) is 15.6. The molecule has 0 bridgehead atoms. The molecule has 8 heteroatoms. The van der Waals surface area contributed by atoms with E-state index in [0.29, 0.717) is 29.3 Å². The van der Waals surface area contributed by atoms with Crippen LogP contribution in [0.3, 0.4) is 0 Å². The Bertz CT molecular complexity index is 4090. The topological polar surface area (TPSA) is 95.7 Å². The van der Waals surface area contributed by atoms with Gasteiger partial charge in [-0.2, -0.15) is 0 Å². The Balaban J connectivity index is 0.835. The van der Waals surface area contributed by atoms with Crippen LogP contribution >= 0.6 is 0 Å². The van der Waals surface area contributed by atoms with Gasteiger partial charge >= 0.3 is 0 Å². The van der Waals surface area contributed by atoms with Crippen molar-refractivity contribution in [2.75, 3.05) is 0 Å². The van der Waals surface area contributed by atoms with Crippen LogP contribution in [0.4, 0.5) is 0 Å². The van der Waals surface area contributed by atoms with Gasteiger partial charge < -0.3 is 13.4 Å². The third kappa shape index (κ3) is 6.73. The number of benzene rings is 10. The standard InChI is InChI=1S/C61H36N6O2/c1-2-12-48(13-3-1)67-53-35-44-11-5-4-10-43(44)33-49(53)50-34-47-32-45(30-31-46(47)36-54(50)67)37-18-20-38(21-19-37)57-64-58(39-22-26-41(27-23-39)60-62-51-14-6-8-16-55(51)68-60)66-59(65-57)40-24-28-42(29-25-40)61-63-52-15-7-9-17-56(52)69-61/h1-36H. The fourth-order valence-electron chi connectivity index (χ4n) is 9.57. The molecule has 0 radical (unpaired) electrons. The lowest BCUT2D eigenvalue weighted by Gasteiger charge is -2.10. The number of oxazole rings is 2. The van der Waals surface area contributed by atoms with E-state index in [4.69, 9.17) is 33.8 Å². The van der Waals surface area contributed by atoms with Gasteiger partial charge in [0.2, 0.25) is 11.8 Å². The average Bonchev–Trinajstić information content (AvgIpc) is 4.14. The summed E-state index contributed by atoms with van der Waals surface area (Å²) in [6.45, 7) is 0. The van der Waals surface area contributed by atoms with Gasteiger partial charge in [0, 0.05) is 44.3 Å². The second kappa shape index (κ2) is 15.5. The second-order valence-electron chi connectivity index (χ2n) is 17.3.